The van der Waals surface area contributed by atoms with Crippen LogP contribution in [0.3, 0.4) is 0 Å². The quantitative estimate of drug-likeness (QED) is 0.284. The van der Waals surface area contributed by atoms with Gasteiger partial charge in [0.2, 0.25) is 0 Å². The van der Waals surface area contributed by atoms with Gasteiger partial charge in [-0.1, -0.05) is 68.3 Å². The van der Waals surface area contributed by atoms with Gasteiger partial charge in [0, 0.05) is 11.4 Å². The van der Waals surface area contributed by atoms with Crippen molar-refractivity contribution in [2.75, 3.05) is 4.90 Å². The van der Waals surface area contributed by atoms with Crippen molar-refractivity contribution in [1.29, 1.82) is 0 Å². The lowest BCUT2D eigenvalue weighted by Crippen LogP contribution is -2.22. The predicted molar refractivity (Wildman–Crippen MR) is 130 cm³/mol. The highest BCUT2D eigenvalue weighted by atomic mass is 15.5. The summed E-state index contributed by atoms with van der Waals surface area (Å²) >= 11 is 0. The number of nitrogens with zero attached hydrogens (tertiary/aromatic N) is 4. The van der Waals surface area contributed by atoms with Gasteiger partial charge < -0.3 is 4.90 Å². The van der Waals surface area contributed by atoms with E-state index in [0.717, 1.165) is 23.9 Å². The van der Waals surface area contributed by atoms with Crippen LogP contribution in [0.2, 0.25) is 0 Å². The molecule has 31 heavy (non-hydrogen) atoms. The molecule has 0 saturated heterocycles. The van der Waals surface area contributed by atoms with Gasteiger partial charge in [0.1, 0.15) is 12.2 Å². The lowest BCUT2D eigenvalue weighted by Gasteiger charge is -2.25. The Morgan fingerprint density at radius 1 is 0.710 bits per heavy atom. The Labute approximate surface area is 185 Å². The minimum absolute atomic E-state index is 0.614. The zero-order valence-corrected chi connectivity index (χ0v) is 18.7. The van der Waals surface area contributed by atoms with E-state index in [1.807, 2.05) is 22.9 Å². The van der Waals surface area contributed by atoms with Crippen LogP contribution >= 0.6 is 0 Å². The molecule has 0 aliphatic rings. The van der Waals surface area contributed by atoms with Crippen LogP contribution in [-0.2, 0) is 19.5 Å². The van der Waals surface area contributed by atoms with Crippen molar-refractivity contribution in [2.24, 2.45) is 0 Å². The molecule has 0 amide bonds. The summed E-state index contributed by atoms with van der Waals surface area (Å²) in [7, 11) is 0. The number of unbranched alkanes of at least 4 members (excludes halogenated alkanes) is 2. The predicted octanol–water partition coefficient (Wildman–Crippen LogP) is 6.91. The summed E-state index contributed by atoms with van der Waals surface area (Å²) in [6.45, 7) is 5.09. The zero-order chi connectivity index (χ0) is 21.5. The lowest BCUT2D eigenvalue weighted by atomic mass is 10.1. The van der Waals surface area contributed by atoms with Gasteiger partial charge in [0.15, 0.2) is 0 Å². The number of hydrogen-bond donors (Lipinski definition) is 0. The van der Waals surface area contributed by atoms with Crippen molar-refractivity contribution in [1.82, 2.24) is 15.0 Å². The number of hydrogen-bond acceptors (Lipinski definition) is 3. The maximum atomic E-state index is 4.43. The van der Waals surface area contributed by atoms with E-state index in [1.165, 1.54) is 48.2 Å². The van der Waals surface area contributed by atoms with E-state index in [9.17, 15) is 0 Å². The molecule has 160 valence electrons. The van der Waals surface area contributed by atoms with Gasteiger partial charge in [-0.05, 0) is 73.2 Å². The van der Waals surface area contributed by atoms with Gasteiger partial charge in [-0.3, -0.25) is 0 Å². The van der Waals surface area contributed by atoms with Crippen LogP contribution in [0.4, 0.5) is 11.4 Å². The fourth-order valence-electron chi connectivity index (χ4n) is 3.92. The van der Waals surface area contributed by atoms with Crippen molar-refractivity contribution < 1.29 is 0 Å². The van der Waals surface area contributed by atoms with Crippen LogP contribution in [0.5, 0.6) is 0 Å². The van der Waals surface area contributed by atoms with Crippen LogP contribution < -0.4 is 4.90 Å². The Kier molecular flexibility index (Phi) is 6.98. The van der Waals surface area contributed by atoms with Gasteiger partial charge in [-0.25, -0.2) is 4.68 Å². The number of aryl methyl sites for hydroxylation is 2. The Balaban J connectivity index is 1.64. The molecule has 4 heteroatoms. The minimum Gasteiger partial charge on any atom is -0.321 e. The van der Waals surface area contributed by atoms with Crippen molar-refractivity contribution in [3.8, 4) is 0 Å². The fourth-order valence-corrected chi connectivity index (χ4v) is 3.92. The normalized spacial score (nSPS) is 11.2. The molecule has 0 aliphatic carbocycles. The first kappa shape index (κ1) is 21.1. The monoisotopic (exact) mass is 412 g/mol. The second-order valence-electron chi connectivity index (χ2n) is 8.19. The van der Waals surface area contributed by atoms with Gasteiger partial charge in [0.05, 0.1) is 5.52 Å². The minimum atomic E-state index is 0.614. The molecule has 4 nitrogen and oxygen atoms in total. The lowest BCUT2D eigenvalue weighted by molar-refractivity contribution is 0.614. The van der Waals surface area contributed by atoms with Gasteiger partial charge in [0.25, 0.3) is 0 Å². The van der Waals surface area contributed by atoms with Crippen molar-refractivity contribution in [2.45, 2.75) is 59.0 Å². The van der Waals surface area contributed by atoms with Gasteiger partial charge in [-0.15, -0.1) is 5.10 Å². The number of aromatic nitrogens is 3. The largest absolute Gasteiger partial charge is 0.321 e. The highest BCUT2D eigenvalue weighted by molar-refractivity contribution is 5.74. The summed E-state index contributed by atoms with van der Waals surface area (Å²) in [5, 5.41) is 8.77. The summed E-state index contributed by atoms with van der Waals surface area (Å²) < 4.78 is 1.98. The van der Waals surface area contributed by atoms with E-state index in [-0.39, 0.29) is 0 Å². The third kappa shape index (κ3) is 5.13. The molecule has 0 aliphatic heterocycles. The number of anilines is 2. The molecule has 1 heterocycles. The van der Waals surface area contributed by atoms with E-state index in [1.54, 1.807) is 0 Å². The molecule has 0 saturated carbocycles. The van der Waals surface area contributed by atoms with Crippen LogP contribution in [0.25, 0.3) is 11.0 Å². The molecule has 0 fully saturated rings. The van der Waals surface area contributed by atoms with Crippen molar-refractivity contribution in [3.05, 3.63) is 83.9 Å². The number of benzene rings is 3. The van der Waals surface area contributed by atoms with Crippen molar-refractivity contribution in [3.63, 3.8) is 0 Å². The Hall–Kier alpha value is -3.14. The Bertz CT molecular complexity index is 1030. The first-order valence-corrected chi connectivity index (χ1v) is 11.5. The average Bonchev–Trinajstić information content (AvgIpc) is 3.23. The van der Waals surface area contributed by atoms with Crippen LogP contribution in [0, 0.1) is 0 Å². The summed E-state index contributed by atoms with van der Waals surface area (Å²) in [4.78, 5) is 2.31. The van der Waals surface area contributed by atoms with E-state index < -0.39 is 0 Å². The summed E-state index contributed by atoms with van der Waals surface area (Å²) in [6, 6.07) is 26.1. The van der Waals surface area contributed by atoms with E-state index >= 15 is 0 Å². The number of para-hydroxylation sites is 1. The molecular formula is C27H32N4. The Morgan fingerprint density at radius 2 is 1.26 bits per heavy atom. The van der Waals surface area contributed by atoms with Crippen LogP contribution in [0.1, 0.15) is 50.7 Å². The van der Waals surface area contributed by atoms with Gasteiger partial charge >= 0.3 is 0 Å². The molecule has 0 N–H and O–H groups in total. The number of rotatable bonds is 10. The molecule has 0 atom stereocenters. The molecule has 4 aromatic rings. The summed E-state index contributed by atoms with van der Waals surface area (Å²) in [5.74, 6) is 0. The highest BCUT2D eigenvalue weighted by Gasteiger charge is 2.13. The van der Waals surface area contributed by atoms with E-state index in [2.05, 4.69) is 83.7 Å². The molecule has 4 rings (SSSR count). The molecule has 0 unspecified atom stereocenters. The standard InChI is InChI=1S/C27H32N4/c1-3-5-9-22-13-17-24(18-14-22)30(25-19-15-23(16-20-25)10-6-4-2)21-31-27-12-8-7-11-26(27)28-29-31/h7-8,11-20H,3-6,9-10,21H2,1-2H3. The maximum Gasteiger partial charge on any atom is 0.119 e. The third-order valence-electron chi connectivity index (χ3n) is 5.83. The third-order valence-corrected chi connectivity index (χ3v) is 5.83. The van der Waals surface area contributed by atoms with E-state index in [4.69, 9.17) is 0 Å². The summed E-state index contributed by atoms with van der Waals surface area (Å²) in [6.07, 6.45) is 7.17. The fraction of sp³-hybridized carbons (Fsp3) is 0.333. The highest BCUT2D eigenvalue weighted by Crippen LogP contribution is 2.28. The molecule has 0 radical (unpaired) electrons. The first-order chi connectivity index (χ1) is 15.3. The topological polar surface area (TPSA) is 34.0 Å². The molecule has 0 bridgehead atoms. The van der Waals surface area contributed by atoms with E-state index in [0.29, 0.717) is 6.67 Å². The SMILES string of the molecule is CCCCc1ccc(N(Cn2nnc3ccccc32)c2ccc(CCCC)cc2)cc1. The van der Waals surface area contributed by atoms with Crippen LogP contribution in [-0.4, -0.2) is 15.0 Å². The molecule has 1 aromatic heterocycles. The molecular weight excluding hydrogens is 380 g/mol. The maximum absolute atomic E-state index is 4.43. The van der Waals surface area contributed by atoms with Gasteiger partial charge in [-0.2, -0.15) is 0 Å². The average molecular weight is 413 g/mol. The molecule has 3 aromatic carbocycles. The smallest absolute Gasteiger partial charge is 0.119 e. The molecule has 0 spiro atoms. The van der Waals surface area contributed by atoms with Crippen molar-refractivity contribution >= 4 is 22.4 Å². The second-order valence-corrected chi connectivity index (χ2v) is 8.19. The summed E-state index contributed by atoms with van der Waals surface area (Å²) in [5.41, 5.74) is 7.10. The zero-order valence-electron chi connectivity index (χ0n) is 18.7. The second kappa shape index (κ2) is 10.3. The Morgan fingerprint density at radius 3 is 1.81 bits per heavy atom. The number of fused-ring (bicyclic) bond motifs is 1. The van der Waals surface area contributed by atoms with Crippen LogP contribution in [0.15, 0.2) is 72.8 Å². The first-order valence-electron chi connectivity index (χ1n) is 11.5.